The zero-order chi connectivity index (χ0) is 17.6. The highest BCUT2D eigenvalue weighted by atomic mass is 19.1. The smallest absolute Gasteiger partial charge is 0.226 e. The lowest BCUT2D eigenvalue weighted by Gasteiger charge is -2.20. The van der Waals surface area contributed by atoms with Crippen LogP contribution in [-0.4, -0.2) is 17.6 Å². The molecule has 0 bridgehead atoms. The molecule has 3 rings (SSSR count). The Morgan fingerprint density at radius 2 is 1.88 bits per heavy atom. The highest BCUT2D eigenvalue weighted by molar-refractivity contribution is 5.91. The second kappa shape index (κ2) is 7.66. The van der Waals surface area contributed by atoms with Gasteiger partial charge in [0.15, 0.2) is 0 Å². The lowest BCUT2D eigenvalue weighted by molar-refractivity contribution is -0.116. The number of hydrogen-bond donors (Lipinski definition) is 1. The van der Waals surface area contributed by atoms with E-state index in [9.17, 15) is 9.18 Å². The molecule has 1 amide bonds. The SMILES string of the molecule is COc1cccc(C(CC(=O)Nc2cccc(F)c2)n2cccc2)c1. The zero-order valence-electron chi connectivity index (χ0n) is 13.9. The van der Waals surface area contributed by atoms with Crippen molar-refractivity contribution in [3.8, 4) is 5.75 Å². The maximum Gasteiger partial charge on any atom is 0.226 e. The van der Waals surface area contributed by atoms with Gasteiger partial charge in [-0.2, -0.15) is 0 Å². The Morgan fingerprint density at radius 1 is 1.12 bits per heavy atom. The number of methoxy groups -OCH3 is 1. The Morgan fingerprint density at radius 3 is 2.60 bits per heavy atom. The molecule has 0 fully saturated rings. The lowest BCUT2D eigenvalue weighted by atomic mass is 10.0. The highest BCUT2D eigenvalue weighted by Crippen LogP contribution is 2.26. The summed E-state index contributed by atoms with van der Waals surface area (Å²) in [4.78, 5) is 12.5. The third-order valence-electron chi connectivity index (χ3n) is 3.95. The second-order valence-corrected chi connectivity index (χ2v) is 5.69. The number of aromatic nitrogens is 1. The van der Waals surface area contributed by atoms with Crippen molar-refractivity contribution in [2.45, 2.75) is 12.5 Å². The molecule has 0 aliphatic heterocycles. The maximum atomic E-state index is 13.3. The molecule has 1 N–H and O–H groups in total. The summed E-state index contributed by atoms with van der Waals surface area (Å²) in [7, 11) is 1.61. The van der Waals surface area contributed by atoms with Crippen molar-refractivity contribution in [2.75, 3.05) is 12.4 Å². The number of halogens is 1. The minimum atomic E-state index is -0.382. The van der Waals surface area contributed by atoms with Crippen molar-refractivity contribution in [1.29, 1.82) is 0 Å². The number of ether oxygens (including phenoxy) is 1. The molecule has 2 aromatic carbocycles. The predicted molar refractivity (Wildman–Crippen MR) is 95.2 cm³/mol. The number of nitrogens with zero attached hydrogens (tertiary/aromatic N) is 1. The first-order valence-corrected chi connectivity index (χ1v) is 7.97. The second-order valence-electron chi connectivity index (χ2n) is 5.69. The minimum Gasteiger partial charge on any atom is -0.497 e. The average molecular weight is 338 g/mol. The van der Waals surface area contributed by atoms with Gasteiger partial charge in [-0.25, -0.2) is 4.39 Å². The van der Waals surface area contributed by atoms with E-state index in [1.54, 1.807) is 19.2 Å². The van der Waals surface area contributed by atoms with Gasteiger partial charge < -0.3 is 14.6 Å². The van der Waals surface area contributed by atoms with Crippen LogP contribution in [0.3, 0.4) is 0 Å². The van der Waals surface area contributed by atoms with Crippen LogP contribution < -0.4 is 10.1 Å². The van der Waals surface area contributed by atoms with Gasteiger partial charge in [-0.05, 0) is 48.0 Å². The quantitative estimate of drug-likeness (QED) is 0.730. The fraction of sp³-hybridized carbons (Fsp3) is 0.150. The van der Waals surface area contributed by atoms with Gasteiger partial charge in [0.1, 0.15) is 11.6 Å². The number of amides is 1. The van der Waals surface area contributed by atoms with Gasteiger partial charge in [0.05, 0.1) is 19.6 Å². The predicted octanol–water partition coefficient (Wildman–Crippen LogP) is 4.25. The molecule has 128 valence electrons. The summed E-state index contributed by atoms with van der Waals surface area (Å²) in [6.45, 7) is 0. The number of rotatable bonds is 6. The van der Waals surface area contributed by atoms with Crippen LogP contribution in [0.4, 0.5) is 10.1 Å². The van der Waals surface area contributed by atoms with E-state index in [0.717, 1.165) is 11.3 Å². The monoisotopic (exact) mass is 338 g/mol. The van der Waals surface area contributed by atoms with Gasteiger partial charge in [-0.3, -0.25) is 4.79 Å². The van der Waals surface area contributed by atoms with Gasteiger partial charge in [-0.15, -0.1) is 0 Å². The van der Waals surface area contributed by atoms with E-state index in [4.69, 9.17) is 4.74 Å². The molecular formula is C20H19FN2O2. The molecule has 1 heterocycles. The van der Waals surface area contributed by atoms with Crippen molar-refractivity contribution < 1.29 is 13.9 Å². The summed E-state index contributed by atoms with van der Waals surface area (Å²) in [5.41, 5.74) is 1.41. The molecule has 0 aliphatic carbocycles. The van der Waals surface area contributed by atoms with Crippen LogP contribution in [0.2, 0.25) is 0 Å². The summed E-state index contributed by atoms with van der Waals surface area (Å²) in [6.07, 6.45) is 4.05. The van der Waals surface area contributed by atoms with E-state index < -0.39 is 0 Å². The van der Waals surface area contributed by atoms with Crippen LogP contribution in [0, 0.1) is 5.82 Å². The van der Waals surface area contributed by atoms with E-state index in [0.29, 0.717) is 5.69 Å². The molecule has 0 radical (unpaired) electrons. The molecule has 25 heavy (non-hydrogen) atoms. The van der Waals surface area contributed by atoms with Crippen molar-refractivity contribution in [3.63, 3.8) is 0 Å². The van der Waals surface area contributed by atoms with Crippen LogP contribution in [0.25, 0.3) is 0 Å². The van der Waals surface area contributed by atoms with Crippen LogP contribution in [0.5, 0.6) is 5.75 Å². The van der Waals surface area contributed by atoms with E-state index in [-0.39, 0.29) is 24.2 Å². The van der Waals surface area contributed by atoms with Crippen LogP contribution >= 0.6 is 0 Å². The Bertz CT molecular complexity index is 846. The summed E-state index contributed by atoms with van der Waals surface area (Å²) in [5, 5.41) is 2.75. The Kier molecular flexibility index (Phi) is 5.14. The summed E-state index contributed by atoms with van der Waals surface area (Å²) < 4.78 is 20.5. The maximum absolute atomic E-state index is 13.3. The lowest BCUT2D eigenvalue weighted by Crippen LogP contribution is -2.19. The first-order chi connectivity index (χ1) is 12.2. The summed E-state index contributed by atoms with van der Waals surface area (Å²) >= 11 is 0. The first kappa shape index (κ1) is 16.8. The Hall–Kier alpha value is -3.08. The number of hydrogen-bond acceptors (Lipinski definition) is 2. The molecule has 0 saturated carbocycles. The standard InChI is InChI=1S/C20H19FN2O2/c1-25-18-9-4-6-15(12-18)19(23-10-2-3-11-23)14-20(24)22-17-8-5-7-16(21)13-17/h2-13,19H,14H2,1H3,(H,22,24). The highest BCUT2D eigenvalue weighted by Gasteiger charge is 2.18. The number of carbonyl (C=O) groups excluding carboxylic acids is 1. The fourth-order valence-corrected chi connectivity index (χ4v) is 2.75. The van der Waals surface area contributed by atoms with Crippen molar-refractivity contribution in [1.82, 2.24) is 4.57 Å². The van der Waals surface area contributed by atoms with E-state index in [1.807, 2.05) is 53.4 Å². The van der Waals surface area contributed by atoms with E-state index in [1.165, 1.54) is 12.1 Å². The van der Waals surface area contributed by atoms with Gasteiger partial charge >= 0.3 is 0 Å². The van der Waals surface area contributed by atoms with Gasteiger partial charge in [0, 0.05) is 18.1 Å². The average Bonchev–Trinajstić information content (AvgIpc) is 3.14. The van der Waals surface area contributed by atoms with E-state index in [2.05, 4.69) is 5.32 Å². The molecule has 0 aliphatic rings. The largest absolute Gasteiger partial charge is 0.497 e. The van der Waals surface area contributed by atoms with Gasteiger partial charge in [0.25, 0.3) is 0 Å². The van der Waals surface area contributed by atoms with Crippen LogP contribution in [0.15, 0.2) is 73.1 Å². The minimum absolute atomic E-state index is 0.182. The molecule has 1 unspecified atom stereocenters. The third-order valence-corrected chi connectivity index (χ3v) is 3.95. The third kappa shape index (κ3) is 4.26. The van der Waals surface area contributed by atoms with Crippen molar-refractivity contribution >= 4 is 11.6 Å². The number of anilines is 1. The summed E-state index contributed by atoms with van der Waals surface area (Å²) in [5.74, 6) is 0.167. The molecule has 0 spiro atoms. The van der Waals surface area contributed by atoms with Crippen LogP contribution in [0.1, 0.15) is 18.0 Å². The number of nitrogens with one attached hydrogen (secondary N) is 1. The molecule has 1 atom stereocenters. The number of carbonyl (C=O) groups is 1. The fourth-order valence-electron chi connectivity index (χ4n) is 2.75. The topological polar surface area (TPSA) is 43.3 Å². The van der Waals surface area contributed by atoms with E-state index >= 15 is 0 Å². The number of benzene rings is 2. The molecule has 5 heteroatoms. The Balaban J connectivity index is 1.81. The molecule has 3 aromatic rings. The zero-order valence-corrected chi connectivity index (χ0v) is 13.9. The molecule has 4 nitrogen and oxygen atoms in total. The molecule has 0 saturated heterocycles. The summed E-state index contributed by atoms with van der Waals surface area (Å²) in [6, 6.07) is 17.2. The Labute approximate surface area is 145 Å². The molecule has 1 aromatic heterocycles. The molecular weight excluding hydrogens is 319 g/mol. The van der Waals surface area contributed by atoms with Gasteiger partial charge in [-0.1, -0.05) is 18.2 Å². The normalized spacial score (nSPS) is 11.8. The van der Waals surface area contributed by atoms with Crippen molar-refractivity contribution in [2.24, 2.45) is 0 Å². The van der Waals surface area contributed by atoms with Gasteiger partial charge in [0.2, 0.25) is 5.91 Å². The van der Waals surface area contributed by atoms with Crippen molar-refractivity contribution in [3.05, 3.63) is 84.4 Å². The van der Waals surface area contributed by atoms with Crippen LogP contribution in [-0.2, 0) is 4.79 Å². The first-order valence-electron chi connectivity index (χ1n) is 7.97.